The number of urea groups is 1. The van der Waals surface area contributed by atoms with E-state index in [0.29, 0.717) is 38.3 Å². The molecule has 2 aliphatic heterocycles. The first-order chi connectivity index (χ1) is 14.2. The van der Waals surface area contributed by atoms with Crippen LogP contribution in [0.3, 0.4) is 0 Å². The number of alkyl halides is 3. The van der Waals surface area contributed by atoms with Gasteiger partial charge in [0.25, 0.3) is 5.91 Å². The Labute approximate surface area is 174 Å². The van der Waals surface area contributed by atoms with Crippen molar-refractivity contribution in [2.24, 2.45) is 5.92 Å². The molecular weight excluding hydrogens is 397 g/mol. The maximum atomic E-state index is 13.1. The van der Waals surface area contributed by atoms with Crippen molar-refractivity contribution in [1.82, 2.24) is 15.1 Å². The van der Waals surface area contributed by atoms with E-state index in [-0.39, 0.29) is 24.5 Å². The minimum absolute atomic E-state index is 0.116. The Morgan fingerprint density at radius 3 is 2.53 bits per heavy atom. The predicted molar refractivity (Wildman–Crippen MR) is 106 cm³/mol. The van der Waals surface area contributed by atoms with E-state index < -0.39 is 17.3 Å². The first-order valence-electron chi connectivity index (χ1n) is 10.5. The van der Waals surface area contributed by atoms with E-state index in [4.69, 9.17) is 0 Å². The highest BCUT2D eigenvalue weighted by Crippen LogP contribution is 2.38. The molecule has 1 N–H and O–H groups in total. The quantitative estimate of drug-likeness (QED) is 0.757. The van der Waals surface area contributed by atoms with Gasteiger partial charge in [0.2, 0.25) is 0 Å². The Hall–Kier alpha value is -2.29. The largest absolute Gasteiger partial charge is 0.416 e. The van der Waals surface area contributed by atoms with E-state index in [2.05, 4.69) is 5.32 Å². The van der Waals surface area contributed by atoms with Crippen molar-refractivity contribution < 1.29 is 22.8 Å². The summed E-state index contributed by atoms with van der Waals surface area (Å²) in [6, 6.07) is 4.99. The zero-order valence-corrected chi connectivity index (χ0v) is 17.0. The van der Waals surface area contributed by atoms with Gasteiger partial charge in [-0.15, -0.1) is 0 Å². The van der Waals surface area contributed by atoms with Crippen molar-refractivity contribution in [2.75, 3.05) is 37.7 Å². The lowest BCUT2D eigenvalue weighted by molar-refractivity contribution is -0.137. The average Bonchev–Trinajstić information content (AvgIpc) is 2.95. The van der Waals surface area contributed by atoms with Crippen LogP contribution in [0.2, 0.25) is 0 Å². The number of carbonyl (C=O) groups is 2. The van der Waals surface area contributed by atoms with E-state index in [9.17, 15) is 22.8 Å². The minimum Gasteiger partial charge on any atom is -0.369 e. The Morgan fingerprint density at radius 1 is 1.13 bits per heavy atom. The van der Waals surface area contributed by atoms with Gasteiger partial charge in [0.05, 0.1) is 12.2 Å². The number of amides is 3. The van der Waals surface area contributed by atoms with Crippen LogP contribution < -0.4 is 10.2 Å². The van der Waals surface area contributed by atoms with E-state index >= 15 is 0 Å². The molecule has 4 rings (SSSR count). The molecular formula is C21H27F3N4O2. The topological polar surface area (TPSA) is 55.9 Å². The number of hydrogen-bond donors (Lipinski definition) is 1. The number of hydrogen-bond acceptors (Lipinski definition) is 4. The number of halogens is 3. The number of benzene rings is 1. The highest BCUT2D eigenvalue weighted by molar-refractivity contribution is 6.07. The standard InChI is InChI=1S/C21H27F3N4O2/c1-15-5-2-3-8-20(15)18(29)28(19(30)25-20)14-26-9-11-27(12-10-26)17-7-4-6-16(13-17)21(22,23)24/h4,6-7,13,15H,2-3,5,8-12,14H2,1H3,(H,25,30)/t15-,20-/m1/s1. The number of nitrogens with zero attached hydrogens (tertiary/aromatic N) is 3. The fourth-order valence-corrected chi connectivity index (χ4v) is 4.85. The van der Waals surface area contributed by atoms with E-state index in [1.54, 1.807) is 6.07 Å². The Bertz CT molecular complexity index is 823. The van der Waals surface area contributed by atoms with Crippen LogP contribution >= 0.6 is 0 Å². The van der Waals surface area contributed by atoms with Gasteiger partial charge in [-0.2, -0.15) is 13.2 Å². The van der Waals surface area contributed by atoms with Crippen LogP contribution in [0.4, 0.5) is 23.7 Å². The highest BCUT2D eigenvalue weighted by Gasteiger charge is 2.55. The molecule has 3 amide bonds. The second-order valence-corrected chi connectivity index (χ2v) is 8.58. The van der Waals surface area contributed by atoms with Crippen LogP contribution in [0.5, 0.6) is 0 Å². The number of carbonyl (C=O) groups excluding carboxylic acids is 2. The summed E-state index contributed by atoms with van der Waals surface area (Å²) in [5, 5.41) is 2.96. The molecule has 2 saturated heterocycles. The molecule has 0 aromatic heterocycles. The zero-order chi connectivity index (χ0) is 21.5. The molecule has 1 aliphatic carbocycles. The lowest BCUT2D eigenvalue weighted by Gasteiger charge is -2.38. The number of rotatable bonds is 3. The molecule has 2 atom stereocenters. The third-order valence-corrected chi connectivity index (χ3v) is 6.75. The second-order valence-electron chi connectivity index (χ2n) is 8.58. The van der Waals surface area contributed by atoms with Crippen molar-refractivity contribution in [1.29, 1.82) is 0 Å². The van der Waals surface area contributed by atoms with Crippen molar-refractivity contribution >= 4 is 17.6 Å². The summed E-state index contributed by atoms with van der Waals surface area (Å²) < 4.78 is 38.9. The fourth-order valence-electron chi connectivity index (χ4n) is 4.85. The molecule has 1 aromatic carbocycles. The first kappa shape index (κ1) is 21.0. The number of imide groups is 1. The highest BCUT2D eigenvalue weighted by atomic mass is 19.4. The second kappa shape index (κ2) is 7.76. The molecule has 0 radical (unpaired) electrons. The van der Waals surface area contributed by atoms with Crippen LogP contribution in [0.15, 0.2) is 24.3 Å². The van der Waals surface area contributed by atoms with Crippen LogP contribution in [-0.4, -0.2) is 60.1 Å². The molecule has 2 heterocycles. The van der Waals surface area contributed by atoms with Crippen molar-refractivity contribution in [3.8, 4) is 0 Å². The van der Waals surface area contributed by atoms with Gasteiger partial charge in [0.15, 0.2) is 0 Å². The fraction of sp³-hybridized carbons (Fsp3) is 0.619. The third kappa shape index (κ3) is 3.75. The number of nitrogens with one attached hydrogen (secondary N) is 1. The van der Waals surface area contributed by atoms with Gasteiger partial charge in [-0.25, -0.2) is 9.69 Å². The van der Waals surface area contributed by atoms with E-state index in [1.807, 2.05) is 16.7 Å². The number of anilines is 1. The van der Waals surface area contributed by atoms with Gasteiger partial charge in [0, 0.05) is 31.9 Å². The molecule has 3 fully saturated rings. The summed E-state index contributed by atoms with van der Waals surface area (Å²) in [4.78, 5) is 30.9. The third-order valence-electron chi connectivity index (χ3n) is 6.75. The average molecular weight is 424 g/mol. The molecule has 3 aliphatic rings. The minimum atomic E-state index is -4.37. The molecule has 0 bridgehead atoms. The van der Waals surface area contributed by atoms with Gasteiger partial charge < -0.3 is 10.2 Å². The molecule has 1 aromatic rings. The summed E-state index contributed by atoms with van der Waals surface area (Å²) in [7, 11) is 0. The summed E-state index contributed by atoms with van der Waals surface area (Å²) >= 11 is 0. The lowest BCUT2D eigenvalue weighted by atomic mass is 9.73. The zero-order valence-electron chi connectivity index (χ0n) is 17.0. The molecule has 30 heavy (non-hydrogen) atoms. The maximum absolute atomic E-state index is 13.1. The Morgan fingerprint density at radius 2 is 1.87 bits per heavy atom. The van der Waals surface area contributed by atoms with Gasteiger partial charge in [0.1, 0.15) is 5.54 Å². The summed E-state index contributed by atoms with van der Waals surface area (Å²) in [6.07, 6.45) is -0.759. The first-order valence-corrected chi connectivity index (χ1v) is 10.5. The van der Waals surface area contributed by atoms with Crippen molar-refractivity contribution in [3.05, 3.63) is 29.8 Å². The van der Waals surface area contributed by atoms with Gasteiger partial charge in [-0.3, -0.25) is 9.69 Å². The summed E-state index contributed by atoms with van der Waals surface area (Å²) in [6.45, 7) is 4.44. The molecule has 0 unspecified atom stereocenters. The summed E-state index contributed by atoms with van der Waals surface area (Å²) in [5.41, 5.74) is -0.891. The van der Waals surface area contributed by atoms with Crippen LogP contribution in [0.25, 0.3) is 0 Å². The smallest absolute Gasteiger partial charge is 0.369 e. The SMILES string of the molecule is C[C@@H]1CCCC[C@@]12NC(=O)N(CN1CCN(c3cccc(C(F)(F)F)c3)CC1)C2=O. The Kier molecular flexibility index (Phi) is 5.42. The molecule has 1 saturated carbocycles. The molecule has 9 heteroatoms. The maximum Gasteiger partial charge on any atom is 0.416 e. The summed E-state index contributed by atoms with van der Waals surface area (Å²) in [5.74, 6) is -0.0227. The van der Waals surface area contributed by atoms with Gasteiger partial charge >= 0.3 is 12.2 Å². The van der Waals surface area contributed by atoms with Crippen LogP contribution in [0, 0.1) is 5.92 Å². The van der Waals surface area contributed by atoms with Crippen LogP contribution in [0.1, 0.15) is 38.2 Å². The molecule has 1 spiro atoms. The van der Waals surface area contributed by atoms with Crippen molar-refractivity contribution in [3.63, 3.8) is 0 Å². The molecule has 6 nitrogen and oxygen atoms in total. The predicted octanol–water partition coefficient (Wildman–Crippen LogP) is 3.29. The Balaban J connectivity index is 1.37. The van der Waals surface area contributed by atoms with Crippen LogP contribution in [-0.2, 0) is 11.0 Å². The normalized spacial score (nSPS) is 28.3. The van der Waals surface area contributed by atoms with E-state index in [0.717, 1.165) is 25.3 Å². The molecule has 164 valence electrons. The monoisotopic (exact) mass is 424 g/mol. The number of piperazine rings is 1. The van der Waals surface area contributed by atoms with Crippen molar-refractivity contribution in [2.45, 2.75) is 44.3 Å². The van der Waals surface area contributed by atoms with Gasteiger partial charge in [-0.05, 0) is 37.0 Å². The van der Waals surface area contributed by atoms with E-state index in [1.165, 1.54) is 17.0 Å². The lowest BCUT2D eigenvalue weighted by Crippen LogP contribution is -2.55. The van der Waals surface area contributed by atoms with Gasteiger partial charge in [-0.1, -0.05) is 25.8 Å².